The predicted molar refractivity (Wildman–Crippen MR) is 138 cm³/mol. The van der Waals surface area contributed by atoms with Crippen molar-refractivity contribution >= 4 is 16.9 Å². The van der Waals surface area contributed by atoms with Crippen LogP contribution in [-0.2, 0) is 30.7 Å². The molecule has 0 spiro atoms. The molecule has 0 saturated heterocycles. The average molecular weight is 484 g/mol. The second kappa shape index (κ2) is 10.6. The molecular weight excluding hydrogens is 454 g/mol. The summed E-state index contributed by atoms with van der Waals surface area (Å²) in [5.74, 6) is 1.39. The number of fused-ring (bicyclic) bond motifs is 2. The molecule has 0 unspecified atom stereocenters. The fourth-order valence-electron chi connectivity index (χ4n) is 4.48. The molecule has 5 rings (SSSR count). The Balaban J connectivity index is 1.29. The summed E-state index contributed by atoms with van der Waals surface area (Å²) in [6.07, 6.45) is 1.24. The van der Waals surface area contributed by atoms with E-state index in [1.54, 1.807) is 16.5 Å². The molecule has 0 fully saturated rings. The molecule has 36 heavy (non-hydrogen) atoms. The Hall–Kier alpha value is -4.13. The molecular formula is C29H29N3O4. The van der Waals surface area contributed by atoms with Crippen LogP contribution in [0.25, 0.3) is 11.0 Å². The summed E-state index contributed by atoms with van der Waals surface area (Å²) in [5, 5.41) is 0. The third kappa shape index (κ3) is 5.25. The number of ether oxygens (including phenoxy) is 2. The molecule has 7 heteroatoms. The number of carbonyl (C=O) groups excluding carboxylic acids is 1. The lowest BCUT2D eigenvalue weighted by molar-refractivity contribution is -0.130. The third-order valence-corrected chi connectivity index (χ3v) is 6.41. The highest BCUT2D eigenvalue weighted by Crippen LogP contribution is 2.31. The number of rotatable bonds is 8. The second-order valence-corrected chi connectivity index (χ2v) is 8.97. The van der Waals surface area contributed by atoms with Crippen molar-refractivity contribution in [1.82, 2.24) is 14.5 Å². The SMILES string of the molecule is CN(Cc1ccc2c(c1)OCCO2)C(=O)CCc1nc2ccccc2n(CCc2ccccc2)c1=O. The Morgan fingerprint density at radius 3 is 2.50 bits per heavy atom. The van der Waals surface area contributed by atoms with E-state index >= 15 is 0 Å². The molecule has 2 heterocycles. The van der Waals surface area contributed by atoms with Crippen molar-refractivity contribution < 1.29 is 14.3 Å². The first-order valence-corrected chi connectivity index (χ1v) is 12.2. The fraction of sp³-hybridized carbons (Fsp3) is 0.276. The van der Waals surface area contributed by atoms with E-state index in [0.29, 0.717) is 44.2 Å². The van der Waals surface area contributed by atoms with Gasteiger partial charge in [-0.25, -0.2) is 4.98 Å². The van der Waals surface area contributed by atoms with Gasteiger partial charge in [0.15, 0.2) is 11.5 Å². The lowest BCUT2D eigenvalue weighted by Gasteiger charge is -2.21. The number of aryl methyl sites for hydroxylation is 3. The van der Waals surface area contributed by atoms with Crippen LogP contribution in [0, 0.1) is 0 Å². The normalized spacial score (nSPS) is 12.5. The molecule has 0 N–H and O–H groups in total. The fourth-order valence-corrected chi connectivity index (χ4v) is 4.48. The van der Waals surface area contributed by atoms with E-state index in [-0.39, 0.29) is 17.9 Å². The Morgan fingerprint density at radius 2 is 1.67 bits per heavy atom. The van der Waals surface area contributed by atoms with Crippen LogP contribution in [-0.4, -0.2) is 40.6 Å². The van der Waals surface area contributed by atoms with Gasteiger partial charge in [0.25, 0.3) is 5.56 Å². The molecule has 1 aliphatic rings. The number of benzene rings is 3. The van der Waals surface area contributed by atoms with Crippen LogP contribution in [0.3, 0.4) is 0 Å². The van der Waals surface area contributed by atoms with Gasteiger partial charge >= 0.3 is 0 Å². The Labute approximate surface area is 209 Å². The van der Waals surface area contributed by atoms with Crippen LogP contribution >= 0.6 is 0 Å². The van der Waals surface area contributed by atoms with E-state index in [9.17, 15) is 9.59 Å². The topological polar surface area (TPSA) is 73.7 Å². The largest absolute Gasteiger partial charge is 0.486 e. The molecule has 0 saturated carbocycles. The zero-order valence-electron chi connectivity index (χ0n) is 20.4. The summed E-state index contributed by atoms with van der Waals surface area (Å²) in [5.41, 5.74) is 3.99. The van der Waals surface area contributed by atoms with E-state index in [2.05, 4.69) is 17.1 Å². The van der Waals surface area contributed by atoms with E-state index in [0.717, 1.165) is 28.8 Å². The summed E-state index contributed by atoms with van der Waals surface area (Å²) in [7, 11) is 1.77. The van der Waals surface area contributed by atoms with Crippen LogP contribution in [0.15, 0.2) is 77.6 Å². The van der Waals surface area contributed by atoms with Crippen molar-refractivity contribution in [3.8, 4) is 11.5 Å². The van der Waals surface area contributed by atoms with Crippen molar-refractivity contribution in [1.29, 1.82) is 0 Å². The van der Waals surface area contributed by atoms with Crippen LogP contribution in [0.2, 0.25) is 0 Å². The van der Waals surface area contributed by atoms with Gasteiger partial charge < -0.3 is 18.9 Å². The van der Waals surface area contributed by atoms with E-state index < -0.39 is 0 Å². The first-order valence-electron chi connectivity index (χ1n) is 12.2. The van der Waals surface area contributed by atoms with Gasteiger partial charge in [-0.1, -0.05) is 48.5 Å². The van der Waals surface area contributed by atoms with Gasteiger partial charge in [0.05, 0.1) is 11.0 Å². The zero-order chi connectivity index (χ0) is 24.9. The first kappa shape index (κ1) is 23.6. The molecule has 0 bridgehead atoms. The van der Waals surface area contributed by atoms with Gasteiger partial charge in [0, 0.05) is 33.0 Å². The molecule has 1 amide bonds. The molecule has 0 atom stereocenters. The summed E-state index contributed by atoms with van der Waals surface area (Å²) in [6, 6.07) is 23.5. The lowest BCUT2D eigenvalue weighted by Crippen LogP contribution is -2.30. The quantitative estimate of drug-likeness (QED) is 0.379. The van der Waals surface area contributed by atoms with Crippen molar-refractivity contribution in [2.45, 2.75) is 32.4 Å². The maximum absolute atomic E-state index is 13.4. The zero-order valence-corrected chi connectivity index (χ0v) is 20.4. The molecule has 4 aromatic rings. The standard InChI is InChI=1S/C29H29N3O4/c1-31(20-22-11-13-26-27(19-22)36-18-17-35-26)28(33)14-12-24-29(34)32(16-15-21-7-3-2-4-8-21)25-10-6-5-9-23(25)30-24/h2-11,13,19H,12,14-18,20H2,1H3. The Kier molecular flexibility index (Phi) is 6.98. The van der Waals surface area contributed by atoms with Crippen molar-refractivity contribution in [2.75, 3.05) is 20.3 Å². The van der Waals surface area contributed by atoms with E-state index in [4.69, 9.17) is 9.47 Å². The molecule has 1 aromatic heterocycles. The molecule has 7 nitrogen and oxygen atoms in total. The molecule has 0 radical (unpaired) electrons. The first-order chi connectivity index (χ1) is 17.6. The number of aromatic nitrogens is 2. The summed E-state index contributed by atoms with van der Waals surface area (Å²) < 4.78 is 13.0. The van der Waals surface area contributed by atoms with Crippen molar-refractivity contribution in [3.63, 3.8) is 0 Å². The maximum Gasteiger partial charge on any atom is 0.272 e. The predicted octanol–water partition coefficient (Wildman–Crippen LogP) is 4.00. The van der Waals surface area contributed by atoms with E-state index in [1.165, 1.54) is 5.56 Å². The van der Waals surface area contributed by atoms with Crippen molar-refractivity contribution in [2.24, 2.45) is 0 Å². The molecule has 0 aliphatic carbocycles. The summed E-state index contributed by atoms with van der Waals surface area (Å²) in [4.78, 5) is 32.6. The van der Waals surface area contributed by atoms with Crippen LogP contribution in [0.1, 0.15) is 23.2 Å². The lowest BCUT2D eigenvalue weighted by atomic mass is 10.1. The van der Waals surface area contributed by atoms with Crippen LogP contribution in [0.5, 0.6) is 11.5 Å². The van der Waals surface area contributed by atoms with Crippen LogP contribution < -0.4 is 15.0 Å². The minimum absolute atomic E-state index is 0.0462. The van der Waals surface area contributed by atoms with Gasteiger partial charge in [-0.15, -0.1) is 0 Å². The number of para-hydroxylation sites is 2. The van der Waals surface area contributed by atoms with Crippen LogP contribution in [0.4, 0.5) is 0 Å². The molecule has 184 valence electrons. The minimum atomic E-state index is -0.132. The van der Waals surface area contributed by atoms with E-state index in [1.807, 2.05) is 60.7 Å². The highest BCUT2D eigenvalue weighted by Gasteiger charge is 2.17. The van der Waals surface area contributed by atoms with Crippen molar-refractivity contribution in [3.05, 3.63) is 100.0 Å². The molecule has 3 aromatic carbocycles. The highest BCUT2D eigenvalue weighted by atomic mass is 16.6. The third-order valence-electron chi connectivity index (χ3n) is 6.41. The molecule has 1 aliphatic heterocycles. The monoisotopic (exact) mass is 483 g/mol. The smallest absolute Gasteiger partial charge is 0.272 e. The van der Waals surface area contributed by atoms with Gasteiger partial charge in [0.2, 0.25) is 5.91 Å². The highest BCUT2D eigenvalue weighted by molar-refractivity contribution is 5.77. The summed E-state index contributed by atoms with van der Waals surface area (Å²) >= 11 is 0. The number of carbonyl (C=O) groups is 1. The minimum Gasteiger partial charge on any atom is -0.486 e. The number of nitrogens with zero attached hydrogens (tertiary/aromatic N) is 3. The number of hydrogen-bond acceptors (Lipinski definition) is 5. The Morgan fingerprint density at radius 1 is 0.917 bits per heavy atom. The van der Waals surface area contributed by atoms with Gasteiger partial charge in [-0.3, -0.25) is 9.59 Å². The van der Waals surface area contributed by atoms with Gasteiger partial charge in [-0.2, -0.15) is 0 Å². The maximum atomic E-state index is 13.4. The number of hydrogen-bond donors (Lipinski definition) is 0. The number of amides is 1. The van der Waals surface area contributed by atoms with Gasteiger partial charge in [-0.05, 0) is 41.8 Å². The second-order valence-electron chi connectivity index (χ2n) is 8.97. The summed E-state index contributed by atoms with van der Waals surface area (Å²) in [6.45, 7) is 2.06. The Bertz CT molecular complexity index is 1430. The average Bonchev–Trinajstić information content (AvgIpc) is 2.91. The van der Waals surface area contributed by atoms with Gasteiger partial charge in [0.1, 0.15) is 18.9 Å².